The van der Waals surface area contributed by atoms with E-state index in [1.807, 2.05) is 45.0 Å². The summed E-state index contributed by atoms with van der Waals surface area (Å²) in [5.74, 6) is -0.0492. The molecule has 0 aromatic carbocycles. The molecule has 88 valence electrons. The van der Waals surface area contributed by atoms with Crippen molar-refractivity contribution in [2.75, 3.05) is 20.6 Å². The summed E-state index contributed by atoms with van der Waals surface area (Å²) >= 11 is 0. The van der Waals surface area contributed by atoms with Crippen molar-refractivity contribution in [1.82, 2.24) is 15.2 Å². The SMILES string of the molecule is CCNC(=O)c1ccc(C)nc1CN(C)C. The molecule has 0 atom stereocenters. The summed E-state index contributed by atoms with van der Waals surface area (Å²) < 4.78 is 0. The lowest BCUT2D eigenvalue weighted by Gasteiger charge is -2.13. The van der Waals surface area contributed by atoms with Gasteiger partial charge in [-0.1, -0.05) is 0 Å². The third-order valence-electron chi connectivity index (χ3n) is 2.16. The zero-order valence-corrected chi connectivity index (χ0v) is 10.4. The van der Waals surface area contributed by atoms with Crippen molar-refractivity contribution < 1.29 is 4.79 Å². The van der Waals surface area contributed by atoms with E-state index in [0.717, 1.165) is 11.4 Å². The number of hydrogen-bond donors (Lipinski definition) is 1. The molecule has 0 aliphatic carbocycles. The summed E-state index contributed by atoms with van der Waals surface area (Å²) in [6.45, 7) is 5.15. The Bertz CT molecular complexity index is 375. The second-order valence-electron chi connectivity index (χ2n) is 4.04. The first-order valence-electron chi connectivity index (χ1n) is 5.44. The molecule has 16 heavy (non-hydrogen) atoms. The molecule has 0 aliphatic heterocycles. The minimum absolute atomic E-state index is 0.0492. The summed E-state index contributed by atoms with van der Waals surface area (Å²) in [6, 6.07) is 3.70. The number of nitrogens with zero attached hydrogens (tertiary/aromatic N) is 2. The first-order valence-corrected chi connectivity index (χ1v) is 5.44. The molecule has 4 heteroatoms. The lowest BCUT2D eigenvalue weighted by molar-refractivity contribution is 0.0953. The van der Waals surface area contributed by atoms with Crippen molar-refractivity contribution in [2.45, 2.75) is 20.4 Å². The van der Waals surface area contributed by atoms with Crippen LogP contribution in [0.15, 0.2) is 12.1 Å². The van der Waals surface area contributed by atoms with Gasteiger partial charge >= 0.3 is 0 Å². The van der Waals surface area contributed by atoms with Gasteiger partial charge in [0.2, 0.25) is 0 Å². The number of carbonyl (C=O) groups excluding carboxylic acids is 1. The number of aryl methyl sites for hydroxylation is 1. The van der Waals surface area contributed by atoms with Crippen molar-refractivity contribution in [3.05, 3.63) is 29.1 Å². The number of carbonyl (C=O) groups is 1. The Morgan fingerprint density at radius 1 is 1.44 bits per heavy atom. The summed E-state index contributed by atoms with van der Waals surface area (Å²) in [5.41, 5.74) is 2.43. The standard InChI is InChI=1S/C12H19N3O/c1-5-13-12(16)10-7-6-9(2)14-11(10)8-15(3)4/h6-7H,5,8H2,1-4H3,(H,13,16). The lowest BCUT2D eigenvalue weighted by Crippen LogP contribution is -2.26. The Morgan fingerprint density at radius 3 is 2.69 bits per heavy atom. The molecule has 0 bridgehead atoms. The lowest BCUT2D eigenvalue weighted by atomic mass is 10.1. The summed E-state index contributed by atoms with van der Waals surface area (Å²) in [7, 11) is 3.93. The van der Waals surface area contributed by atoms with Gasteiger partial charge in [0.05, 0.1) is 11.3 Å². The van der Waals surface area contributed by atoms with Crippen LogP contribution in [0.5, 0.6) is 0 Å². The van der Waals surface area contributed by atoms with Crippen LogP contribution in [-0.4, -0.2) is 36.4 Å². The molecule has 0 saturated carbocycles. The molecule has 1 rings (SSSR count). The van der Waals surface area contributed by atoms with Gasteiger partial charge in [0, 0.05) is 18.8 Å². The van der Waals surface area contributed by atoms with E-state index >= 15 is 0 Å². The van der Waals surface area contributed by atoms with Gasteiger partial charge in [-0.3, -0.25) is 9.78 Å². The van der Waals surface area contributed by atoms with E-state index in [-0.39, 0.29) is 5.91 Å². The van der Waals surface area contributed by atoms with Crippen molar-refractivity contribution >= 4 is 5.91 Å². The molecule has 0 saturated heterocycles. The van der Waals surface area contributed by atoms with Crippen LogP contribution in [0.1, 0.15) is 28.7 Å². The topological polar surface area (TPSA) is 45.2 Å². The predicted octanol–water partition coefficient (Wildman–Crippen LogP) is 1.20. The van der Waals surface area contributed by atoms with Gasteiger partial charge in [0.25, 0.3) is 5.91 Å². The molecule has 4 nitrogen and oxygen atoms in total. The van der Waals surface area contributed by atoms with Crippen LogP contribution in [0, 0.1) is 6.92 Å². The zero-order chi connectivity index (χ0) is 12.1. The third kappa shape index (κ3) is 3.31. The van der Waals surface area contributed by atoms with E-state index < -0.39 is 0 Å². The van der Waals surface area contributed by atoms with Crippen LogP contribution >= 0.6 is 0 Å². The molecule has 0 unspecified atom stereocenters. The maximum absolute atomic E-state index is 11.8. The van der Waals surface area contributed by atoms with Gasteiger partial charge in [-0.2, -0.15) is 0 Å². The van der Waals surface area contributed by atoms with Crippen molar-refractivity contribution in [2.24, 2.45) is 0 Å². The van der Waals surface area contributed by atoms with Gasteiger partial charge < -0.3 is 10.2 Å². The Kier molecular flexibility index (Phi) is 4.43. The maximum atomic E-state index is 11.8. The average molecular weight is 221 g/mol. The number of nitrogens with one attached hydrogen (secondary N) is 1. The van der Waals surface area contributed by atoms with Crippen LogP contribution in [0.2, 0.25) is 0 Å². The van der Waals surface area contributed by atoms with E-state index in [0.29, 0.717) is 18.7 Å². The number of amides is 1. The minimum atomic E-state index is -0.0492. The fraction of sp³-hybridized carbons (Fsp3) is 0.500. The van der Waals surface area contributed by atoms with Gasteiger partial charge in [-0.05, 0) is 40.1 Å². The highest BCUT2D eigenvalue weighted by molar-refractivity contribution is 5.95. The molecule has 0 fully saturated rings. The van der Waals surface area contributed by atoms with Crippen LogP contribution < -0.4 is 5.32 Å². The molecule has 1 aromatic rings. The quantitative estimate of drug-likeness (QED) is 0.831. The van der Waals surface area contributed by atoms with Crippen LogP contribution in [0.3, 0.4) is 0 Å². The largest absolute Gasteiger partial charge is 0.352 e. The minimum Gasteiger partial charge on any atom is -0.352 e. The predicted molar refractivity (Wildman–Crippen MR) is 64.4 cm³/mol. The second kappa shape index (κ2) is 5.61. The highest BCUT2D eigenvalue weighted by Gasteiger charge is 2.12. The fourth-order valence-electron chi connectivity index (χ4n) is 1.49. The van der Waals surface area contributed by atoms with E-state index in [4.69, 9.17) is 0 Å². The first-order chi connectivity index (χ1) is 7.54. The van der Waals surface area contributed by atoms with E-state index in [2.05, 4.69) is 10.3 Å². The molecule has 1 aromatic heterocycles. The third-order valence-corrected chi connectivity index (χ3v) is 2.16. The van der Waals surface area contributed by atoms with Crippen molar-refractivity contribution in [3.8, 4) is 0 Å². The Hall–Kier alpha value is -1.42. The highest BCUT2D eigenvalue weighted by atomic mass is 16.1. The Balaban J connectivity index is 3.02. The van der Waals surface area contributed by atoms with Crippen LogP contribution in [0.4, 0.5) is 0 Å². The Labute approximate surface area is 96.7 Å². The first kappa shape index (κ1) is 12.6. The van der Waals surface area contributed by atoms with E-state index in [9.17, 15) is 4.79 Å². The van der Waals surface area contributed by atoms with Gasteiger partial charge in [-0.25, -0.2) is 0 Å². The summed E-state index contributed by atoms with van der Waals surface area (Å²) in [5, 5.41) is 2.80. The number of aromatic nitrogens is 1. The molecule has 0 aliphatic rings. The summed E-state index contributed by atoms with van der Waals surface area (Å²) in [6.07, 6.45) is 0. The Morgan fingerprint density at radius 2 is 2.12 bits per heavy atom. The molecule has 1 amide bonds. The zero-order valence-electron chi connectivity index (χ0n) is 10.4. The molecule has 0 spiro atoms. The summed E-state index contributed by atoms with van der Waals surface area (Å²) in [4.78, 5) is 18.2. The molecular weight excluding hydrogens is 202 g/mol. The molecule has 1 heterocycles. The van der Waals surface area contributed by atoms with Crippen molar-refractivity contribution in [1.29, 1.82) is 0 Å². The van der Waals surface area contributed by atoms with Gasteiger partial charge in [-0.15, -0.1) is 0 Å². The molecule has 0 radical (unpaired) electrons. The number of pyridine rings is 1. The molecular formula is C12H19N3O. The second-order valence-corrected chi connectivity index (χ2v) is 4.04. The highest BCUT2D eigenvalue weighted by Crippen LogP contribution is 2.09. The van der Waals surface area contributed by atoms with Crippen LogP contribution in [0.25, 0.3) is 0 Å². The van der Waals surface area contributed by atoms with E-state index in [1.54, 1.807) is 0 Å². The van der Waals surface area contributed by atoms with Crippen molar-refractivity contribution in [3.63, 3.8) is 0 Å². The monoisotopic (exact) mass is 221 g/mol. The van der Waals surface area contributed by atoms with E-state index in [1.165, 1.54) is 0 Å². The van der Waals surface area contributed by atoms with Gasteiger partial charge in [0.15, 0.2) is 0 Å². The average Bonchev–Trinajstić information content (AvgIpc) is 2.16. The number of hydrogen-bond acceptors (Lipinski definition) is 3. The smallest absolute Gasteiger partial charge is 0.253 e. The number of rotatable bonds is 4. The normalized spacial score (nSPS) is 10.6. The fourth-order valence-corrected chi connectivity index (χ4v) is 1.49. The maximum Gasteiger partial charge on any atom is 0.253 e. The van der Waals surface area contributed by atoms with Crippen LogP contribution in [-0.2, 0) is 6.54 Å². The molecule has 1 N–H and O–H groups in total. The van der Waals surface area contributed by atoms with Gasteiger partial charge in [0.1, 0.15) is 0 Å².